The lowest BCUT2D eigenvalue weighted by atomic mass is 10.1. The third-order valence-corrected chi connectivity index (χ3v) is 5.99. The Morgan fingerprint density at radius 1 is 1.03 bits per heavy atom. The predicted molar refractivity (Wildman–Crippen MR) is 118 cm³/mol. The number of benzene rings is 2. The van der Waals surface area contributed by atoms with Crippen LogP contribution in [0.1, 0.15) is 11.1 Å². The number of halogens is 1. The van der Waals surface area contributed by atoms with Gasteiger partial charge >= 0.3 is 0 Å². The molecule has 30 heavy (non-hydrogen) atoms. The molecule has 0 aliphatic carbocycles. The number of amides is 2. The van der Waals surface area contributed by atoms with Gasteiger partial charge in [0.05, 0.1) is 12.3 Å². The number of para-hydroxylation sites is 1. The molecule has 10 heteroatoms. The van der Waals surface area contributed by atoms with Crippen molar-refractivity contribution >= 4 is 51.4 Å². The Balaban J connectivity index is 1.43. The van der Waals surface area contributed by atoms with Crippen molar-refractivity contribution in [1.82, 2.24) is 15.5 Å². The van der Waals surface area contributed by atoms with E-state index in [4.69, 9.17) is 0 Å². The Bertz CT molecular complexity index is 1020. The summed E-state index contributed by atoms with van der Waals surface area (Å²) in [4.78, 5) is 23.8. The van der Waals surface area contributed by atoms with E-state index in [2.05, 4.69) is 26.1 Å². The minimum Gasteiger partial charge on any atom is -0.346 e. The molecule has 0 bridgehead atoms. The van der Waals surface area contributed by atoms with E-state index < -0.39 is 5.91 Å². The normalized spacial score (nSPS) is 10.5. The number of nitrogens with one attached hydrogen (secondary N) is 3. The van der Waals surface area contributed by atoms with Gasteiger partial charge in [0.1, 0.15) is 5.82 Å². The van der Waals surface area contributed by atoms with E-state index in [9.17, 15) is 14.0 Å². The van der Waals surface area contributed by atoms with Crippen LogP contribution in [0.25, 0.3) is 0 Å². The SMILES string of the molecule is Cc1cccc(C)c1Nc1nnc(SCC(=O)NCC(=O)Nc2ccc(F)cc2)s1. The van der Waals surface area contributed by atoms with Gasteiger partial charge in [0.15, 0.2) is 4.34 Å². The number of aromatic nitrogens is 2. The predicted octanol–water partition coefficient (Wildman–Crippen LogP) is 3.88. The highest BCUT2D eigenvalue weighted by molar-refractivity contribution is 8.01. The molecule has 0 saturated heterocycles. The molecule has 2 amide bonds. The van der Waals surface area contributed by atoms with E-state index in [1.807, 2.05) is 32.0 Å². The molecule has 3 rings (SSSR count). The van der Waals surface area contributed by atoms with Crippen molar-refractivity contribution in [2.24, 2.45) is 0 Å². The van der Waals surface area contributed by atoms with Gasteiger partial charge in [0.25, 0.3) is 0 Å². The van der Waals surface area contributed by atoms with Crippen molar-refractivity contribution < 1.29 is 14.0 Å². The average Bonchev–Trinajstić information content (AvgIpc) is 3.17. The quantitative estimate of drug-likeness (QED) is 0.456. The molecule has 0 spiro atoms. The zero-order chi connectivity index (χ0) is 21.5. The second kappa shape index (κ2) is 10.2. The molecule has 0 atom stereocenters. The van der Waals surface area contributed by atoms with Crippen molar-refractivity contribution in [2.45, 2.75) is 18.2 Å². The number of anilines is 3. The van der Waals surface area contributed by atoms with Crippen molar-refractivity contribution in [3.63, 3.8) is 0 Å². The summed E-state index contributed by atoms with van der Waals surface area (Å²) in [5, 5.41) is 17.2. The number of rotatable bonds is 8. The maximum atomic E-state index is 12.9. The van der Waals surface area contributed by atoms with Gasteiger partial charge in [-0.3, -0.25) is 9.59 Å². The topological polar surface area (TPSA) is 96.0 Å². The molecule has 0 aliphatic heterocycles. The number of carbonyl (C=O) groups excluding carboxylic acids is 2. The molecule has 156 valence electrons. The van der Waals surface area contributed by atoms with Gasteiger partial charge in [-0.05, 0) is 49.2 Å². The highest BCUT2D eigenvalue weighted by atomic mass is 32.2. The smallest absolute Gasteiger partial charge is 0.243 e. The van der Waals surface area contributed by atoms with E-state index in [0.29, 0.717) is 15.2 Å². The largest absolute Gasteiger partial charge is 0.346 e. The Kier molecular flexibility index (Phi) is 7.36. The number of thioether (sulfide) groups is 1. The Hall–Kier alpha value is -2.98. The highest BCUT2D eigenvalue weighted by Crippen LogP contribution is 2.30. The summed E-state index contributed by atoms with van der Waals surface area (Å²) >= 11 is 2.60. The molecule has 7 nitrogen and oxygen atoms in total. The summed E-state index contributed by atoms with van der Waals surface area (Å²) in [6, 6.07) is 11.4. The first-order valence-corrected chi connectivity index (χ1v) is 10.8. The van der Waals surface area contributed by atoms with E-state index in [0.717, 1.165) is 16.8 Å². The summed E-state index contributed by atoms with van der Waals surface area (Å²) in [7, 11) is 0. The van der Waals surface area contributed by atoms with Crippen molar-refractivity contribution in [3.8, 4) is 0 Å². The zero-order valence-electron chi connectivity index (χ0n) is 16.4. The van der Waals surface area contributed by atoms with Gasteiger partial charge in [-0.15, -0.1) is 10.2 Å². The molecule has 3 N–H and O–H groups in total. The molecular weight excluding hydrogens is 425 g/mol. The lowest BCUT2D eigenvalue weighted by Gasteiger charge is -2.09. The molecule has 3 aromatic rings. The van der Waals surface area contributed by atoms with Gasteiger partial charge in [0, 0.05) is 11.4 Å². The van der Waals surface area contributed by atoms with Crippen LogP contribution < -0.4 is 16.0 Å². The van der Waals surface area contributed by atoms with Crippen LogP contribution in [0.3, 0.4) is 0 Å². The van der Waals surface area contributed by atoms with Crippen LogP contribution in [-0.4, -0.2) is 34.3 Å². The fourth-order valence-corrected chi connectivity index (χ4v) is 4.12. The third kappa shape index (κ3) is 6.26. The molecule has 1 aromatic heterocycles. The van der Waals surface area contributed by atoms with Gasteiger partial charge < -0.3 is 16.0 Å². The standard InChI is InChI=1S/C20H20FN5O2S2/c1-12-4-3-5-13(2)18(12)24-19-25-26-20(30-19)29-11-17(28)22-10-16(27)23-15-8-6-14(21)7-9-15/h3-9H,10-11H2,1-2H3,(H,22,28)(H,23,27)(H,24,25). The highest BCUT2D eigenvalue weighted by Gasteiger charge is 2.11. The van der Waals surface area contributed by atoms with Crippen LogP contribution in [0.5, 0.6) is 0 Å². The van der Waals surface area contributed by atoms with Crippen LogP contribution in [0, 0.1) is 19.7 Å². The first kappa shape index (κ1) is 21.7. The Morgan fingerprint density at radius 3 is 2.43 bits per heavy atom. The zero-order valence-corrected chi connectivity index (χ0v) is 18.0. The fourth-order valence-electron chi connectivity index (χ4n) is 2.53. The van der Waals surface area contributed by atoms with Gasteiger partial charge in [0.2, 0.25) is 16.9 Å². The van der Waals surface area contributed by atoms with Gasteiger partial charge in [-0.2, -0.15) is 0 Å². The number of hydrogen-bond donors (Lipinski definition) is 3. The fraction of sp³-hybridized carbons (Fsp3) is 0.200. The molecule has 0 saturated carbocycles. The minimum absolute atomic E-state index is 0.113. The average molecular weight is 446 g/mol. The molecule has 0 fully saturated rings. The van der Waals surface area contributed by atoms with Crippen LogP contribution in [-0.2, 0) is 9.59 Å². The van der Waals surface area contributed by atoms with Crippen molar-refractivity contribution in [3.05, 3.63) is 59.4 Å². The van der Waals surface area contributed by atoms with Crippen molar-refractivity contribution in [1.29, 1.82) is 0 Å². The maximum absolute atomic E-state index is 12.9. The first-order chi connectivity index (χ1) is 14.4. The van der Waals surface area contributed by atoms with E-state index in [1.165, 1.54) is 47.4 Å². The van der Waals surface area contributed by atoms with E-state index in [-0.39, 0.29) is 24.0 Å². The summed E-state index contributed by atoms with van der Waals surface area (Å²) in [6.45, 7) is 3.86. The molecular formula is C20H20FN5O2S2. The monoisotopic (exact) mass is 445 g/mol. The summed E-state index contributed by atoms with van der Waals surface area (Å²) in [5.41, 5.74) is 3.67. The lowest BCUT2D eigenvalue weighted by molar-refractivity contribution is -0.122. The maximum Gasteiger partial charge on any atom is 0.243 e. The summed E-state index contributed by atoms with van der Waals surface area (Å²) in [6.07, 6.45) is 0. The second-order valence-electron chi connectivity index (χ2n) is 6.39. The van der Waals surface area contributed by atoms with E-state index in [1.54, 1.807) is 0 Å². The van der Waals surface area contributed by atoms with Gasteiger partial charge in [-0.1, -0.05) is 41.3 Å². The molecule has 1 heterocycles. The summed E-state index contributed by atoms with van der Waals surface area (Å²) < 4.78 is 13.5. The molecule has 0 unspecified atom stereocenters. The third-order valence-electron chi connectivity index (χ3n) is 4.02. The second-order valence-corrected chi connectivity index (χ2v) is 8.59. The number of nitrogens with zero attached hydrogens (tertiary/aromatic N) is 2. The lowest BCUT2D eigenvalue weighted by Crippen LogP contribution is -2.33. The van der Waals surface area contributed by atoms with Crippen LogP contribution in [0.15, 0.2) is 46.8 Å². The van der Waals surface area contributed by atoms with Crippen molar-refractivity contribution in [2.75, 3.05) is 22.9 Å². The molecule has 0 aliphatic rings. The van der Waals surface area contributed by atoms with Crippen LogP contribution in [0.2, 0.25) is 0 Å². The van der Waals surface area contributed by atoms with Gasteiger partial charge in [-0.25, -0.2) is 4.39 Å². The van der Waals surface area contributed by atoms with E-state index >= 15 is 0 Å². The first-order valence-electron chi connectivity index (χ1n) is 9.02. The minimum atomic E-state index is -0.393. The van der Waals surface area contributed by atoms with Crippen LogP contribution in [0.4, 0.5) is 20.9 Å². The number of aryl methyl sites for hydroxylation is 2. The number of carbonyl (C=O) groups is 2. The Morgan fingerprint density at radius 2 is 1.73 bits per heavy atom. The summed E-state index contributed by atoms with van der Waals surface area (Å²) in [5.74, 6) is -0.964. The number of hydrogen-bond acceptors (Lipinski definition) is 7. The van der Waals surface area contributed by atoms with Crippen LogP contribution >= 0.6 is 23.1 Å². The molecule has 0 radical (unpaired) electrons. The molecule has 2 aromatic carbocycles. The Labute approximate surface area is 181 Å².